The van der Waals surface area contributed by atoms with Gasteiger partial charge in [0.05, 0.1) is 12.3 Å². The van der Waals surface area contributed by atoms with Crippen LogP contribution in [0.3, 0.4) is 0 Å². The fourth-order valence-electron chi connectivity index (χ4n) is 2.97. The van der Waals surface area contributed by atoms with Gasteiger partial charge in [-0.2, -0.15) is 16.3 Å². The first-order chi connectivity index (χ1) is 14.0. The van der Waals surface area contributed by atoms with Gasteiger partial charge in [0, 0.05) is 28.6 Å². The summed E-state index contributed by atoms with van der Waals surface area (Å²) in [6.45, 7) is 1.41. The van der Waals surface area contributed by atoms with Crippen molar-refractivity contribution < 1.29 is 23.6 Å². The number of fused-ring (bicyclic) bond motifs is 1. The summed E-state index contributed by atoms with van der Waals surface area (Å²) in [7, 11) is 0. The van der Waals surface area contributed by atoms with Crippen molar-refractivity contribution >= 4 is 34.7 Å². The third-order valence-electron chi connectivity index (χ3n) is 4.65. The van der Waals surface area contributed by atoms with Crippen LogP contribution in [0.1, 0.15) is 41.1 Å². The van der Waals surface area contributed by atoms with Crippen LogP contribution < -0.4 is 5.32 Å². The van der Waals surface area contributed by atoms with Crippen LogP contribution in [-0.4, -0.2) is 34.4 Å². The molecular formula is C20H17N3O5S. The summed E-state index contributed by atoms with van der Waals surface area (Å²) >= 11 is 1.53. The van der Waals surface area contributed by atoms with E-state index in [0.29, 0.717) is 23.0 Å². The SMILES string of the molecule is C[C@H]1C(=O)Nc2ccc(C(=O)COC(=O)CCc3nc(-c4ccsc4)no3)cc21. The highest BCUT2D eigenvalue weighted by atomic mass is 32.1. The van der Waals surface area contributed by atoms with Crippen molar-refractivity contribution in [3.63, 3.8) is 0 Å². The molecule has 0 fully saturated rings. The number of Topliss-reactive ketones (excluding diaryl/α,β-unsaturated/α-hetero) is 1. The summed E-state index contributed by atoms with van der Waals surface area (Å²) in [6.07, 6.45) is 0.256. The number of thiophene rings is 1. The smallest absolute Gasteiger partial charge is 0.306 e. The highest BCUT2D eigenvalue weighted by Crippen LogP contribution is 2.32. The van der Waals surface area contributed by atoms with E-state index < -0.39 is 5.97 Å². The van der Waals surface area contributed by atoms with Gasteiger partial charge < -0.3 is 14.6 Å². The summed E-state index contributed by atoms with van der Waals surface area (Å²) in [5.41, 5.74) is 2.73. The minimum Gasteiger partial charge on any atom is -0.457 e. The number of hydrogen-bond donors (Lipinski definition) is 1. The summed E-state index contributed by atoms with van der Waals surface area (Å²) in [5, 5.41) is 10.4. The lowest BCUT2D eigenvalue weighted by atomic mass is 9.99. The number of ether oxygens (including phenoxy) is 1. The highest BCUT2D eigenvalue weighted by molar-refractivity contribution is 7.08. The molecule has 8 nitrogen and oxygen atoms in total. The molecule has 9 heteroatoms. The number of aromatic nitrogens is 2. The zero-order valence-electron chi connectivity index (χ0n) is 15.5. The average Bonchev–Trinajstić information content (AvgIpc) is 3.46. The lowest BCUT2D eigenvalue weighted by Gasteiger charge is -2.06. The molecule has 0 aliphatic carbocycles. The number of ketones is 1. The van der Waals surface area contributed by atoms with Crippen molar-refractivity contribution in [3.8, 4) is 11.4 Å². The molecule has 148 valence electrons. The van der Waals surface area contributed by atoms with Gasteiger partial charge in [0.1, 0.15) is 0 Å². The first-order valence-electron chi connectivity index (χ1n) is 9.00. The predicted octanol–water partition coefficient (Wildman–Crippen LogP) is 3.21. The zero-order chi connectivity index (χ0) is 20.4. The Labute approximate surface area is 169 Å². The number of benzene rings is 1. The molecule has 1 atom stereocenters. The number of carbonyl (C=O) groups excluding carboxylic acids is 3. The number of carbonyl (C=O) groups is 3. The molecule has 1 amide bonds. The van der Waals surface area contributed by atoms with Gasteiger partial charge in [-0.25, -0.2) is 0 Å². The third-order valence-corrected chi connectivity index (χ3v) is 5.33. The van der Waals surface area contributed by atoms with E-state index in [2.05, 4.69) is 15.5 Å². The maximum absolute atomic E-state index is 12.3. The topological polar surface area (TPSA) is 111 Å². The minimum absolute atomic E-state index is 0.0260. The second-order valence-electron chi connectivity index (χ2n) is 6.62. The van der Waals surface area contributed by atoms with Crippen LogP contribution in [0.25, 0.3) is 11.4 Å². The zero-order valence-corrected chi connectivity index (χ0v) is 16.3. The van der Waals surface area contributed by atoms with Gasteiger partial charge >= 0.3 is 5.97 Å². The highest BCUT2D eigenvalue weighted by Gasteiger charge is 2.27. The number of rotatable bonds is 7. The van der Waals surface area contributed by atoms with Crippen LogP contribution >= 0.6 is 11.3 Å². The number of aryl methyl sites for hydroxylation is 1. The van der Waals surface area contributed by atoms with Crippen LogP contribution in [0.4, 0.5) is 5.69 Å². The monoisotopic (exact) mass is 411 g/mol. The van der Waals surface area contributed by atoms with Crippen LogP contribution in [0.15, 0.2) is 39.5 Å². The van der Waals surface area contributed by atoms with Crippen LogP contribution in [0, 0.1) is 0 Å². The lowest BCUT2D eigenvalue weighted by Crippen LogP contribution is -2.15. The van der Waals surface area contributed by atoms with E-state index in [1.807, 2.05) is 16.8 Å². The Balaban J connectivity index is 1.28. The first-order valence-corrected chi connectivity index (χ1v) is 9.94. The van der Waals surface area contributed by atoms with Crippen molar-refractivity contribution in [2.24, 2.45) is 0 Å². The molecule has 3 heterocycles. The van der Waals surface area contributed by atoms with Crippen molar-refractivity contribution in [2.45, 2.75) is 25.7 Å². The molecule has 0 saturated carbocycles. The molecule has 0 unspecified atom stereocenters. The summed E-state index contributed by atoms with van der Waals surface area (Å²) < 4.78 is 10.2. The van der Waals surface area contributed by atoms with Gasteiger partial charge in [-0.05, 0) is 42.1 Å². The van der Waals surface area contributed by atoms with Crippen LogP contribution in [0.2, 0.25) is 0 Å². The Morgan fingerprint density at radius 3 is 2.97 bits per heavy atom. The van der Waals surface area contributed by atoms with Gasteiger partial charge in [0.2, 0.25) is 17.6 Å². The second kappa shape index (κ2) is 7.96. The number of amides is 1. The first kappa shape index (κ1) is 19.0. The second-order valence-corrected chi connectivity index (χ2v) is 7.40. The van der Waals surface area contributed by atoms with Gasteiger partial charge in [-0.3, -0.25) is 14.4 Å². The summed E-state index contributed by atoms with van der Waals surface area (Å²) in [5.74, 6) is -0.457. The molecule has 0 bridgehead atoms. The third kappa shape index (κ3) is 4.09. The van der Waals surface area contributed by atoms with Gasteiger partial charge in [-0.15, -0.1) is 0 Å². The van der Waals surface area contributed by atoms with Crippen molar-refractivity contribution in [2.75, 3.05) is 11.9 Å². The Hall–Kier alpha value is -3.33. The molecule has 2 aromatic heterocycles. The van der Waals surface area contributed by atoms with Crippen molar-refractivity contribution in [1.29, 1.82) is 0 Å². The van der Waals surface area contributed by atoms with E-state index in [0.717, 1.165) is 11.1 Å². The fraction of sp³-hybridized carbons (Fsp3) is 0.250. The molecule has 1 aromatic carbocycles. The van der Waals surface area contributed by atoms with E-state index >= 15 is 0 Å². The Morgan fingerprint density at radius 2 is 2.17 bits per heavy atom. The predicted molar refractivity (Wildman–Crippen MR) is 105 cm³/mol. The van der Waals surface area contributed by atoms with Crippen molar-refractivity contribution in [1.82, 2.24) is 10.1 Å². The van der Waals surface area contributed by atoms with Crippen LogP contribution in [0.5, 0.6) is 0 Å². The molecule has 0 radical (unpaired) electrons. The number of nitrogens with zero attached hydrogens (tertiary/aromatic N) is 2. The number of anilines is 1. The maximum Gasteiger partial charge on any atom is 0.306 e. The van der Waals surface area contributed by atoms with E-state index in [4.69, 9.17) is 9.26 Å². The molecule has 1 aliphatic heterocycles. The standard InChI is InChI=1S/C20H17N3O5S/c1-11-14-8-12(2-3-15(14)21-20(11)26)16(24)9-27-18(25)5-4-17-22-19(23-28-17)13-6-7-29-10-13/h2-3,6-8,10-11H,4-5,9H2,1H3,(H,21,26)/t11-/m1/s1. The molecular weight excluding hydrogens is 394 g/mol. The van der Waals surface area contributed by atoms with E-state index in [-0.39, 0.29) is 37.1 Å². The Morgan fingerprint density at radius 1 is 1.31 bits per heavy atom. The quantitative estimate of drug-likeness (QED) is 0.469. The van der Waals surface area contributed by atoms with Gasteiger partial charge in [-0.1, -0.05) is 5.16 Å². The lowest BCUT2D eigenvalue weighted by molar-refractivity contribution is -0.142. The molecule has 3 aromatic rings. The molecule has 1 aliphatic rings. The summed E-state index contributed by atoms with van der Waals surface area (Å²) in [6, 6.07) is 6.84. The maximum atomic E-state index is 12.3. The number of hydrogen-bond acceptors (Lipinski definition) is 8. The van der Waals surface area contributed by atoms with Gasteiger partial charge in [0.15, 0.2) is 12.4 Å². The van der Waals surface area contributed by atoms with E-state index in [1.54, 1.807) is 25.1 Å². The molecule has 1 N–H and O–H groups in total. The van der Waals surface area contributed by atoms with Crippen molar-refractivity contribution in [3.05, 3.63) is 52.0 Å². The number of nitrogens with one attached hydrogen (secondary N) is 1. The Kier molecular flexibility index (Phi) is 5.22. The normalized spacial score (nSPS) is 15.1. The largest absolute Gasteiger partial charge is 0.457 e. The molecule has 29 heavy (non-hydrogen) atoms. The van der Waals surface area contributed by atoms with Crippen LogP contribution in [-0.2, 0) is 20.7 Å². The molecule has 0 saturated heterocycles. The van der Waals surface area contributed by atoms with E-state index in [1.165, 1.54) is 11.3 Å². The fourth-order valence-corrected chi connectivity index (χ4v) is 3.60. The Bertz CT molecular complexity index is 1070. The number of esters is 1. The molecule has 0 spiro atoms. The minimum atomic E-state index is -0.528. The molecule has 4 rings (SSSR count). The van der Waals surface area contributed by atoms with Gasteiger partial charge in [0.25, 0.3) is 0 Å². The average molecular weight is 411 g/mol. The summed E-state index contributed by atoms with van der Waals surface area (Å²) in [4.78, 5) is 40.2. The van der Waals surface area contributed by atoms with E-state index in [9.17, 15) is 14.4 Å².